The van der Waals surface area contributed by atoms with Crippen LogP contribution in [0.3, 0.4) is 0 Å². The number of benzene rings is 1. The van der Waals surface area contributed by atoms with E-state index in [-0.39, 0.29) is 0 Å². The summed E-state index contributed by atoms with van der Waals surface area (Å²) in [5.41, 5.74) is 2.69. The van der Waals surface area contributed by atoms with Crippen LogP contribution in [-0.2, 0) is 11.3 Å². The number of hydrogen-bond donors (Lipinski definition) is 1. The number of anilines is 1. The van der Waals surface area contributed by atoms with Gasteiger partial charge in [0.1, 0.15) is 0 Å². The van der Waals surface area contributed by atoms with E-state index in [1.165, 1.54) is 22.8 Å². The van der Waals surface area contributed by atoms with Crippen molar-refractivity contribution in [3.05, 3.63) is 29.8 Å². The number of nitrogens with zero attached hydrogens (tertiary/aromatic N) is 1. The summed E-state index contributed by atoms with van der Waals surface area (Å²) >= 11 is 2.06. The average Bonchev–Trinajstić information content (AvgIpc) is 2.45. The Morgan fingerprint density at radius 3 is 2.84 bits per heavy atom. The monoisotopic (exact) mass is 280 g/mol. The molecule has 1 fully saturated rings. The Morgan fingerprint density at radius 2 is 2.16 bits per heavy atom. The Bertz CT molecular complexity index is 369. The van der Waals surface area contributed by atoms with Crippen LogP contribution < -0.4 is 10.2 Å². The van der Waals surface area contributed by atoms with Gasteiger partial charge in [-0.3, -0.25) is 0 Å². The van der Waals surface area contributed by atoms with E-state index in [1.807, 2.05) is 0 Å². The summed E-state index contributed by atoms with van der Waals surface area (Å²) in [5.74, 6) is 2.48. The van der Waals surface area contributed by atoms with Crippen LogP contribution in [0.25, 0.3) is 0 Å². The highest BCUT2D eigenvalue weighted by atomic mass is 32.2. The molecule has 0 amide bonds. The second kappa shape index (κ2) is 7.78. The Morgan fingerprint density at radius 1 is 1.37 bits per heavy atom. The lowest BCUT2D eigenvalue weighted by molar-refractivity contribution is 0.199. The van der Waals surface area contributed by atoms with Crippen LogP contribution in [0, 0.1) is 0 Å². The second-order valence-electron chi connectivity index (χ2n) is 4.95. The van der Waals surface area contributed by atoms with Crippen LogP contribution in [0.15, 0.2) is 24.3 Å². The van der Waals surface area contributed by atoms with Crippen LogP contribution in [-0.4, -0.2) is 44.4 Å². The first-order chi connectivity index (χ1) is 9.31. The molecule has 3 nitrogen and oxygen atoms in total. The minimum atomic E-state index is 0.643. The summed E-state index contributed by atoms with van der Waals surface area (Å²) in [5, 5.41) is 3.37. The molecule has 4 heteroatoms. The van der Waals surface area contributed by atoms with E-state index in [9.17, 15) is 0 Å². The molecule has 0 saturated carbocycles. The van der Waals surface area contributed by atoms with Crippen molar-refractivity contribution in [2.45, 2.75) is 19.5 Å². The normalized spacial score (nSPS) is 19.7. The van der Waals surface area contributed by atoms with Crippen LogP contribution in [0.1, 0.15) is 12.5 Å². The summed E-state index contributed by atoms with van der Waals surface area (Å²) < 4.78 is 5.02. The molecule has 1 atom stereocenters. The fourth-order valence-corrected chi connectivity index (χ4v) is 3.34. The first-order valence-electron chi connectivity index (χ1n) is 6.94. The number of hydrogen-bond acceptors (Lipinski definition) is 4. The van der Waals surface area contributed by atoms with Gasteiger partial charge in [-0.25, -0.2) is 0 Å². The minimum absolute atomic E-state index is 0.643. The van der Waals surface area contributed by atoms with Gasteiger partial charge < -0.3 is 15.0 Å². The molecule has 106 valence electrons. The van der Waals surface area contributed by atoms with Crippen molar-refractivity contribution in [2.24, 2.45) is 0 Å². The summed E-state index contributed by atoms with van der Waals surface area (Å²) in [6.45, 7) is 6.05. The van der Waals surface area contributed by atoms with Gasteiger partial charge in [0.05, 0.1) is 6.61 Å². The van der Waals surface area contributed by atoms with E-state index in [0.29, 0.717) is 6.04 Å². The van der Waals surface area contributed by atoms with Crippen molar-refractivity contribution in [3.63, 3.8) is 0 Å². The number of rotatable bonds is 6. The van der Waals surface area contributed by atoms with Crippen molar-refractivity contribution in [3.8, 4) is 0 Å². The van der Waals surface area contributed by atoms with Crippen molar-refractivity contribution in [2.75, 3.05) is 43.2 Å². The molecule has 1 aromatic carbocycles. The smallest absolute Gasteiger partial charge is 0.0587 e. The van der Waals surface area contributed by atoms with Crippen molar-refractivity contribution < 1.29 is 4.74 Å². The van der Waals surface area contributed by atoms with E-state index in [1.54, 1.807) is 7.11 Å². The molecule has 1 aromatic rings. The molecule has 19 heavy (non-hydrogen) atoms. The van der Waals surface area contributed by atoms with Crippen LogP contribution >= 0.6 is 11.8 Å². The Hall–Kier alpha value is -0.710. The largest absolute Gasteiger partial charge is 0.383 e. The predicted molar refractivity (Wildman–Crippen MR) is 84.2 cm³/mol. The predicted octanol–water partition coefficient (Wildman–Crippen LogP) is 2.36. The van der Waals surface area contributed by atoms with Gasteiger partial charge in [-0.1, -0.05) is 12.1 Å². The Kier molecular flexibility index (Phi) is 6.01. The number of thioether (sulfide) groups is 1. The second-order valence-corrected chi connectivity index (χ2v) is 6.10. The number of ether oxygens (including phenoxy) is 1. The SMILES string of the molecule is COCCNCc1ccc(N2CCSCC2C)cc1. The maximum absolute atomic E-state index is 5.02. The minimum Gasteiger partial charge on any atom is -0.383 e. The van der Waals surface area contributed by atoms with Gasteiger partial charge in [0, 0.05) is 50.0 Å². The molecule has 1 N–H and O–H groups in total. The van der Waals surface area contributed by atoms with Gasteiger partial charge in [0.15, 0.2) is 0 Å². The first kappa shape index (κ1) is 14.7. The topological polar surface area (TPSA) is 24.5 Å². The third-order valence-electron chi connectivity index (χ3n) is 3.45. The highest BCUT2D eigenvalue weighted by Gasteiger charge is 2.18. The fraction of sp³-hybridized carbons (Fsp3) is 0.600. The molecule has 0 radical (unpaired) electrons. The highest BCUT2D eigenvalue weighted by Crippen LogP contribution is 2.24. The van der Waals surface area contributed by atoms with Gasteiger partial charge in [0.25, 0.3) is 0 Å². The number of methoxy groups -OCH3 is 1. The van der Waals surface area contributed by atoms with Crippen LogP contribution in [0.2, 0.25) is 0 Å². The Labute approximate surface area is 120 Å². The zero-order chi connectivity index (χ0) is 13.5. The molecular weight excluding hydrogens is 256 g/mol. The highest BCUT2D eigenvalue weighted by molar-refractivity contribution is 7.99. The summed E-state index contributed by atoms with van der Waals surface area (Å²) in [6, 6.07) is 9.59. The zero-order valence-corrected chi connectivity index (χ0v) is 12.7. The van der Waals surface area contributed by atoms with Crippen molar-refractivity contribution in [1.29, 1.82) is 0 Å². The van der Waals surface area contributed by atoms with Gasteiger partial charge in [-0.05, 0) is 24.6 Å². The quantitative estimate of drug-likeness (QED) is 0.809. The standard InChI is InChI=1S/C15H24N2OS/c1-13-12-19-10-8-17(13)15-5-3-14(4-6-15)11-16-7-9-18-2/h3-6,13,16H,7-12H2,1-2H3. The van der Waals surface area contributed by atoms with E-state index in [4.69, 9.17) is 4.74 Å². The van der Waals surface area contributed by atoms with Crippen LogP contribution in [0.4, 0.5) is 5.69 Å². The zero-order valence-electron chi connectivity index (χ0n) is 11.9. The van der Waals surface area contributed by atoms with Gasteiger partial charge in [-0.2, -0.15) is 11.8 Å². The van der Waals surface area contributed by atoms with E-state index >= 15 is 0 Å². The van der Waals surface area contributed by atoms with E-state index in [0.717, 1.165) is 26.2 Å². The summed E-state index contributed by atoms with van der Waals surface area (Å²) in [6.07, 6.45) is 0. The lowest BCUT2D eigenvalue weighted by Gasteiger charge is -2.35. The van der Waals surface area contributed by atoms with Gasteiger partial charge in [-0.15, -0.1) is 0 Å². The molecule has 0 aromatic heterocycles. The molecule has 1 unspecified atom stereocenters. The molecule has 1 heterocycles. The molecule has 0 aliphatic carbocycles. The molecule has 2 rings (SSSR count). The number of nitrogens with one attached hydrogen (secondary N) is 1. The van der Waals surface area contributed by atoms with Crippen molar-refractivity contribution in [1.82, 2.24) is 5.32 Å². The maximum atomic E-state index is 5.02. The third-order valence-corrected chi connectivity index (χ3v) is 4.64. The molecule has 0 bridgehead atoms. The maximum Gasteiger partial charge on any atom is 0.0587 e. The van der Waals surface area contributed by atoms with Crippen LogP contribution in [0.5, 0.6) is 0 Å². The first-order valence-corrected chi connectivity index (χ1v) is 8.09. The molecular formula is C15H24N2OS. The summed E-state index contributed by atoms with van der Waals surface area (Å²) in [7, 11) is 1.73. The van der Waals surface area contributed by atoms with E-state index in [2.05, 4.69) is 53.2 Å². The molecule has 1 aliphatic heterocycles. The Balaban J connectivity index is 1.87. The lowest BCUT2D eigenvalue weighted by atomic mass is 10.1. The molecule has 1 aliphatic rings. The third kappa shape index (κ3) is 4.41. The summed E-state index contributed by atoms with van der Waals surface area (Å²) in [4.78, 5) is 2.51. The lowest BCUT2D eigenvalue weighted by Crippen LogP contribution is -2.40. The van der Waals surface area contributed by atoms with Gasteiger partial charge in [0.2, 0.25) is 0 Å². The molecule has 0 spiro atoms. The van der Waals surface area contributed by atoms with E-state index < -0.39 is 0 Å². The fourth-order valence-electron chi connectivity index (χ4n) is 2.32. The van der Waals surface area contributed by atoms with Gasteiger partial charge >= 0.3 is 0 Å². The molecule has 1 saturated heterocycles. The van der Waals surface area contributed by atoms with Crippen molar-refractivity contribution >= 4 is 17.4 Å². The average molecular weight is 280 g/mol.